The molecule has 0 atom stereocenters. The number of para-hydroxylation sites is 2. The van der Waals surface area contributed by atoms with Crippen LogP contribution < -0.4 is 4.74 Å². The third-order valence-corrected chi connectivity index (χ3v) is 1.09. The zero-order valence-electron chi connectivity index (χ0n) is 5.32. The fourth-order valence-electron chi connectivity index (χ4n) is 0.649. The third-order valence-electron chi connectivity index (χ3n) is 1.09. The molecule has 0 aromatic heterocycles. The van der Waals surface area contributed by atoms with E-state index in [-0.39, 0.29) is 5.75 Å². The van der Waals surface area contributed by atoms with Crippen LogP contribution in [-0.4, -0.2) is 17.0 Å². The van der Waals surface area contributed by atoms with Gasteiger partial charge in [-0.3, -0.25) is 0 Å². The molecule has 0 aliphatic carbocycles. The lowest BCUT2D eigenvalue weighted by Gasteiger charge is -2.02. The van der Waals surface area contributed by atoms with Crippen molar-refractivity contribution >= 4 is 0 Å². The molecule has 0 saturated carbocycles. The number of aliphatic hydroxyl groups is 1. The van der Waals surface area contributed by atoms with Crippen LogP contribution in [0, 0.1) is 0 Å². The zero-order valence-corrected chi connectivity index (χ0v) is 5.32. The molecule has 1 rings (SSSR count). The topological polar surface area (TPSA) is 49.7 Å². The van der Waals surface area contributed by atoms with Crippen molar-refractivity contribution in [3.8, 4) is 11.5 Å². The quantitative estimate of drug-likeness (QED) is 0.595. The van der Waals surface area contributed by atoms with Crippen LogP contribution in [-0.2, 0) is 0 Å². The van der Waals surface area contributed by atoms with E-state index in [0.29, 0.717) is 5.75 Å². The second-order valence-corrected chi connectivity index (χ2v) is 1.74. The van der Waals surface area contributed by atoms with Gasteiger partial charge < -0.3 is 14.9 Å². The minimum absolute atomic E-state index is 0.0385. The van der Waals surface area contributed by atoms with E-state index in [9.17, 15) is 0 Å². The first-order valence-electron chi connectivity index (χ1n) is 2.86. The van der Waals surface area contributed by atoms with Crippen molar-refractivity contribution in [3.05, 3.63) is 24.3 Å². The van der Waals surface area contributed by atoms with Gasteiger partial charge in [0.15, 0.2) is 18.3 Å². The van der Waals surface area contributed by atoms with E-state index in [0.717, 1.165) is 0 Å². The van der Waals surface area contributed by atoms with E-state index in [1.165, 1.54) is 6.07 Å². The van der Waals surface area contributed by atoms with Gasteiger partial charge in [0, 0.05) is 0 Å². The van der Waals surface area contributed by atoms with Crippen LogP contribution in [0.15, 0.2) is 24.3 Å². The number of phenols is 1. The summed E-state index contributed by atoms with van der Waals surface area (Å²) >= 11 is 0. The van der Waals surface area contributed by atoms with Gasteiger partial charge in [-0.15, -0.1) is 0 Å². The van der Waals surface area contributed by atoms with Crippen LogP contribution in [0.5, 0.6) is 11.5 Å². The first-order valence-corrected chi connectivity index (χ1v) is 2.86. The average Bonchev–Trinajstić information content (AvgIpc) is 1.94. The van der Waals surface area contributed by atoms with Crippen molar-refractivity contribution in [1.82, 2.24) is 0 Å². The minimum atomic E-state index is -0.419. The molecule has 3 heteroatoms. The normalized spacial score (nSPS) is 9.30. The molecule has 0 aliphatic rings. The highest BCUT2D eigenvalue weighted by atomic mass is 16.6. The molecule has 2 N–H and O–H groups in total. The predicted molar refractivity (Wildman–Crippen MR) is 35.8 cm³/mol. The van der Waals surface area contributed by atoms with Crippen LogP contribution >= 0.6 is 0 Å². The van der Waals surface area contributed by atoms with Crippen molar-refractivity contribution in [1.29, 1.82) is 0 Å². The van der Waals surface area contributed by atoms with Gasteiger partial charge in [-0.05, 0) is 12.1 Å². The highest BCUT2D eigenvalue weighted by Gasteiger charge is 1.96. The zero-order chi connectivity index (χ0) is 7.40. The summed E-state index contributed by atoms with van der Waals surface area (Å²) in [5, 5.41) is 17.3. The highest BCUT2D eigenvalue weighted by molar-refractivity contribution is 5.37. The molecule has 0 radical (unpaired) electrons. The Morgan fingerprint density at radius 1 is 1.30 bits per heavy atom. The average molecular weight is 140 g/mol. The lowest BCUT2D eigenvalue weighted by atomic mass is 10.3. The number of phenolic OH excluding ortho intramolecular Hbond substituents is 1. The van der Waals surface area contributed by atoms with E-state index < -0.39 is 6.79 Å². The summed E-state index contributed by atoms with van der Waals surface area (Å²) in [6.07, 6.45) is 0. The number of ether oxygens (including phenoxy) is 1. The highest BCUT2D eigenvalue weighted by Crippen LogP contribution is 2.23. The summed E-state index contributed by atoms with van der Waals surface area (Å²) in [5.74, 6) is 0.335. The van der Waals surface area contributed by atoms with E-state index >= 15 is 0 Å². The maximum atomic E-state index is 9.01. The molecule has 0 spiro atoms. The van der Waals surface area contributed by atoms with E-state index in [4.69, 9.17) is 10.2 Å². The summed E-state index contributed by atoms with van der Waals surface area (Å²) in [4.78, 5) is 0. The molecule has 0 fully saturated rings. The van der Waals surface area contributed by atoms with Crippen molar-refractivity contribution in [2.45, 2.75) is 0 Å². The summed E-state index contributed by atoms with van der Waals surface area (Å²) < 4.78 is 4.64. The lowest BCUT2D eigenvalue weighted by Crippen LogP contribution is -1.93. The molecule has 0 aliphatic heterocycles. The standard InChI is InChI=1S/C7H8O3/c8-5-10-7-4-2-1-3-6(7)9/h1-4,8-9H,5H2. The van der Waals surface area contributed by atoms with Crippen molar-refractivity contribution in [2.75, 3.05) is 6.79 Å². The second kappa shape index (κ2) is 3.08. The third kappa shape index (κ3) is 1.39. The molecule has 1 aromatic rings. The Labute approximate surface area is 58.5 Å². The van der Waals surface area contributed by atoms with Crippen molar-refractivity contribution in [3.63, 3.8) is 0 Å². The SMILES string of the molecule is OCOc1ccccc1O. The number of hydrogen-bond acceptors (Lipinski definition) is 3. The first-order chi connectivity index (χ1) is 4.84. The summed E-state index contributed by atoms with van der Waals surface area (Å²) in [7, 11) is 0. The number of rotatable bonds is 2. The van der Waals surface area contributed by atoms with Crippen LogP contribution in [0.25, 0.3) is 0 Å². The molecule has 1 aromatic carbocycles. The second-order valence-electron chi connectivity index (χ2n) is 1.74. The molecule has 10 heavy (non-hydrogen) atoms. The maximum Gasteiger partial charge on any atom is 0.186 e. The molecule has 54 valence electrons. The van der Waals surface area contributed by atoms with Gasteiger partial charge in [-0.25, -0.2) is 0 Å². The fraction of sp³-hybridized carbons (Fsp3) is 0.143. The van der Waals surface area contributed by atoms with Gasteiger partial charge in [0.2, 0.25) is 0 Å². The Morgan fingerprint density at radius 3 is 2.60 bits per heavy atom. The Bertz CT molecular complexity index is 210. The molecule has 3 nitrogen and oxygen atoms in total. The van der Waals surface area contributed by atoms with Crippen LogP contribution in [0.3, 0.4) is 0 Å². The van der Waals surface area contributed by atoms with Gasteiger partial charge >= 0.3 is 0 Å². The van der Waals surface area contributed by atoms with Gasteiger partial charge in [0.05, 0.1) is 0 Å². The monoisotopic (exact) mass is 140 g/mol. The fourth-order valence-corrected chi connectivity index (χ4v) is 0.649. The van der Waals surface area contributed by atoms with Crippen LogP contribution in [0.1, 0.15) is 0 Å². The number of benzene rings is 1. The van der Waals surface area contributed by atoms with Gasteiger partial charge in [0.1, 0.15) is 0 Å². The molecule has 0 heterocycles. The van der Waals surface area contributed by atoms with Gasteiger partial charge in [0.25, 0.3) is 0 Å². The summed E-state index contributed by atoms with van der Waals surface area (Å²) in [5.41, 5.74) is 0. The molecular formula is C7H8O3. The molecule has 0 amide bonds. The molecular weight excluding hydrogens is 132 g/mol. The van der Waals surface area contributed by atoms with Crippen molar-refractivity contribution in [2.24, 2.45) is 0 Å². The lowest BCUT2D eigenvalue weighted by molar-refractivity contribution is 0.0955. The van der Waals surface area contributed by atoms with Gasteiger partial charge in [-0.1, -0.05) is 12.1 Å². The molecule has 0 bridgehead atoms. The molecule has 0 unspecified atom stereocenters. The maximum absolute atomic E-state index is 9.01. The number of aliphatic hydroxyl groups excluding tert-OH is 1. The Balaban J connectivity index is 2.81. The Morgan fingerprint density at radius 2 is 2.00 bits per heavy atom. The van der Waals surface area contributed by atoms with Crippen molar-refractivity contribution < 1.29 is 14.9 Å². The van der Waals surface area contributed by atoms with E-state index in [1.54, 1.807) is 18.2 Å². The smallest absolute Gasteiger partial charge is 0.186 e. The number of aromatic hydroxyl groups is 1. The van der Waals surface area contributed by atoms with Gasteiger partial charge in [-0.2, -0.15) is 0 Å². The minimum Gasteiger partial charge on any atom is -0.504 e. The largest absolute Gasteiger partial charge is 0.504 e. The van der Waals surface area contributed by atoms with Crippen LogP contribution in [0.2, 0.25) is 0 Å². The summed E-state index contributed by atoms with van der Waals surface area (Å²) in [6.45, 7) is -0.419. The van der Waals surface area contributed by atoms with Crippen LogP contribution in [0.4, 0.5) is 0 Å². The van der Waals surface area contributed by atoms with E-state index in [1.807, 2.05) is 0 Å². The summed E-state index contributed by atoms with van der Waals surface area (Å²) in [6, 6.07) is 6.46. The Hall–Kier alpha value is -1.22. The number of hydrogen-bond donors (Lipinski definition) is 2. The van der Waals surface area contributed by atoms with E-state index in [2.05, 4.69) is 4.74 Å². The first kappa shape index (κ1) is 6.89. The Kier molecular flexibility index (Phi) is 2.12. The predicted octanol–water partition coefficient (Wildman–Crippen LogP) is 0.721. The molecule has 0 saturated heterocycles.